The van der Waals surface area contributed by atoms with E-state index in [2.05, 4.69) is 44.5 Å². The molecule has 1 aromatic heterocycles. The van der Waals surface area contributed by atoms with E-state index in [1.54, 1.807) is 6.33 Å². The molecule has 0 radical (unpaired) electrons. The summed E-state index contributed by atoms with van der Waals surface area (Å²) in [5, 5.41) is 0. The Morgan fingerprint density at radius 3 is 2.79 bits per heavy atom. The van der Waals surface area contributed by atoms with Gasteiger partial charge in [-0.2, -0.15) is 11.8 Å². The molecule has 4 nitrogen and oxygen atoms in total. The largest absolute Gasteiger partial charge is 0.354 e. The smallest absolute Gasteiger partial charge is 0.132 e. The van der Waals surface area contributed by atoms with E-state index in [9.17, 15) is 0 Å². The van der Waals surface area contributed by atoms with Crippen molar-refractivity contribution in [2.45, 2.75) is 25.8 Å². The van der Waals surface area contributed by atoms with Gasteiger partial charge >= 0.3 is 0 Å². The predicted molar refractivity (Wildman–Crippen MR) is 80.9 cm³/mol. The number of thioether (sulfide) groups is 1. The minimum atomic E-state index is 0.823. The van der Waals surface area contributed by atoms with Gasteiger partial charge < -0.3 is 4.90 Å². The van der Waals surface area contributed by atoms with Crippen LogP contribution in [0.25, 0.3) is 0 Å². The van der Waals surface area contributed by atoms with Crippen molar-refractivity contribution in [1.29, 1.82) is 0 Å². The molecule has 3 heterocycles. The van der Waals surface area contributed by atoms with Crippen molar-refractivity contribution in [2.24, 2.45) is 0 Å². The molecule has 3 rings (SSSR count). The Hall–Kier alpha value is -0.810. The first-order valence-electron chi connectivity index (χ1n) is 7.24. The third-order valence-corrected chi connectivity index (χ3v) is 5.28. The first-order valence-corrected chi connectivity index (χ1v) is 8.40. The maximum atomic E-state index is 4.43. The quantitative estimate of drug-likeness (QED) is 0.840. The average Bonchev–Trinajstić information content (AvgIpc) is 3.02. The van der Waals surface area contributed by atoms with E-state index < -0.39 is 0 Å². The molecule has 5 heteroatoms. The molecule has 1 atom stereocenters. The fourth-order valence-electron chi connectivity index (χ4n) is 2.88. The van der Waals surface area contributed by atoms with Crippen LogP contribution in [0.4, 0.5) is 5.82 Å². The molecule has 0 aliphatic carbocycles. The van der Waals surface area contributed by atoms with Crippen LogP contribution in [-0.4, -0.2) is 58.6 Å². The fraction of sp³-hybridized carbons (Fsp3) is 0.714. The highest BCUT2D eigenvalue weighted by Crippen LogP contribution is 2.24. The Morgan fingerprint density at radius 1 is 1.26 bits per heavy atom. The van der Waals surface area contributed by atoms with Gasteiger partial charge in [0.2, 0.25) is 0 Å². The number of hydrogen-bond acceptors (Lipinski definition) is 5. The van der Waals surface area contributed by atoms with Gasteiger partial charge in [0.25, 0.3) is 0 Å². The van der Waals surface area contributed by atoms with Crippen LogP contribution in [0.1, 0.15) is 19.0 Å². The molecule has 19 heavy (non-hydrogen) atoms. The molecule has 0 unspecified atom stereocenters. The number of aryl methyl sites for hydroxylation is 1. The van der Waals surface area contributed by atoms with Crippen LogP contribution >= 0.6 is 11.8 Å². The lowest BCUT2D eigenvalue weighted by Gasteiger charge is -2.38. The molecule has 0 saturated carbocycles. The Morgan fingerprint density at radius 2 is 2.11 bits per heavy atom. The van der Waals surface area contributed by atoms with Gasteiger partial charge in [-0.05, 0) is 18.6 Å². The van der Waals surface area contributed by atoms with Gasteiger partial charge in [-0.15, -0.1) is 0 Å². The lowest BCUT2D eigenvalue weighted by Crippen LogP contribution is -2.50. The van der Waals surface area contributed by atoms with E-state index in [4.69, 9.17) is 0 Å². The zero-order chi connectivity index (χ0) is 13.1. The summed E-state index contributed by atoms with van der Waals surface area (Å²) in [6, 6.07) is 2.96. The van der Waals surface area contributed by atoms with Crippen LogP contribution in [0.15, 0.2) is 12.4 Å². The molecular weight excluding hydrogens is 256 g/mol. The molecule has 0 aromatic carbocycles. The minimum Gasteiger partial charge on any atom is -0.354 e. The monoisotopic (exact) mass is 278 g/mol. The summed E-state index contributed by atoms with van der Waals surface area (Å²) in [5.74, 6) is 3.77. The standard InChI is InChI=1S/C14H22N4S/c1-2-12-9-14(16-11-15-12)18-6-4-17(5-7-18)13-3-8-19-10-13/h9,11,13H,2-8,10H2,1H3/t13-/m0/s1. The topological polar surface area (TPSA) is 32.3 Å². The maximum absolute atomic E-state index is 4.43. The van der Waals surface area contributed by atoms with Gasteiger partial charge in [-0.1, -0.05) is 6.92 Å². The van der Waals surface area contributed by atoms with E-state index >= 15 is 0 Å². The minimum absolute atomic E-state index is 0.823. The molecule has 0 amide bonds. The molecule has 0 spiro atoms. The molecule has 1 aromatic rings. The zero-order valence-corrected chi connectivity index (χ0v) is 12.4. The molecule has 2 fully saturated rings. The van der Waals surface area contributed by atoms with Crippen molar-refractivity contribution in [2.75, 3.05) is 42.6 Å². The van der Waals surface area contributed by atoms with Crippen LogP contribution < -0.4 is 4.90 Å². The number of anilines is 1. The normalized spacial score (nSPS) is 24.9. The second-order valence-corrected chi connectivity index (χ2v) is 6.41. The van der Waals surface area contributed by atoms with Crippen LogP contribution in [0.5, 0.6) is 0 Å². The Kier molecular flexibility index (Phi) is 4.23. The van der Waals surface area contributed by atoms with Crippen molar-refractivity contribution in [3.05, 3.63) is 18.1 Å². The van der Waals surface area contributed by atoms with Crippen LogP contribution in [-0.2, 0) is 6.42 Å². The SMILES string of the molecule is CCc1cc(N2CCN([C@H]3CCSC3)CC2)ncn1. The second kappa shape index (κ2) is 6.09. The summed E-state index contributed by atoms with van der Waals surface area (Å²) in [5.41, 5.74) is 1.14. The number of piperazine rings is 1. The van der Waals surface area contributed by atoms with Crippen LogP contribution in [0.3, 0.4) is 0 Å². The number of aromatic nitrogens is 2. The van der Waals surface area contributed by atoms with E-state index in [0.717, 1.165) is 37.1 Å². The average molecular weight is 278 g/mol. The van der Waals surface area contributed by atoms with E-state index in [-0.39, 0.29) is 0 Å². The highest BCUT2D eigenvalue weighted by Gasteiger charge is 2.26. The van der Waals surface area contributed by atoms with E-state index in [0.29, 0.717) is 0 Å². The molecule has 0 N–H and O–H groups in total. The van der Waals surface area contributed by atoms with Gasteiger partial charge in [0.05, 0.1) is 0 Å². The molecule has 2 aliphatic heterocycles. The molecule has 104 valence electrons. The Balaban J connectivity index is 1.59. The molecule has 2 aliphatic rings. The third-order valence-electron chi connectivity index (χ3n) is 4.13. The highest BCUT2D eigenvalue weighted by atomic mass is 32.2. The number of nitrogens with zero attached hydrogens (tertiary/aromatic N) is 4. The molecule has 2 saturated heterocycles. The van der Waals surface area contributed by atoms with E-state index in [1.807, 2.05) is 0 Å². The van der Waals surface area contributed by atoms with Gasteiger partial charge in [0, 0.05) is 49.7 Å². The lowest BCUT2D eigenvalue weighted by atomic mass is 10.2. The Bertz CT molecular complexity index is 412. The predicted octanol–water partition coefficient (Wildman–Crippen LogP) is 1.67. The van der Waals surface area contributed by atoms with Gasteiger partial charge in [0.1, 0.15) is 12.1 Å². The van der Waals surface area contributed by atoms with Crippen molar-refractivity contribution in [3.8, 4) is 0 Å². The summed E-state index contributed by atoms with van der Waals surface area (Å²) in [7, 11) is 0. The summed E-state index contributed by atoms with van der Waals surface area (Å²) in [6.45, 7) is 6.69. The third kappa shape index (κ3) is 3.03. The molecule has 0 bridgehead atoms. The number of rotatable bonds is 3. The van der Waals surface area contributed by atoms with Crippen molar-refractivity contribution in [3.63, 3.8) is 0 Å². The van der Waals surface area contributed by atoms with Crippen molar-refractivity contribution < 1.29 is 0 Å². The Labute approximate surface area is 119 Å². The zero-order valence-electron chi connectivity index (χ0n) is 11.6. The van der Waals surface area contributed by atoms with Crippen molar-refractivity contribution >= 4 is 17.6 Å². The highest BCUT2D eigenvalue weighted by molar-refractivity contribution is 7.99. The van der Waals surface area contributed by atoms with Crippen LogP contribution in [0, 0.1) is 0 Å². The first kappa shape index (κ1) is 13.2. The number of hydrogen-bond donors (Lipinski definition) is 0. The maximum Gasteiger partial charge on any atom is 0.132 e. The molecular formula is C14H22N4S. The van der Waals surface area contributed by atoms with Crippen molar-refractivity contribution in [1.82, 2.24) is 14.9 Å². The second-order valence-electron chi connectivity index (χ2n) is 5.26. The fourth-order valence-corrected chi connectivity index (χ4v) is 4.13. The summed E-state index contributed by atoms with van der Waals surface area (Å²) in [4.78, 5) is 13.8. The van der Waals surface area contributed by atoms with E-state index in [1.165, 1.54) is 31.0 Å². The van der Waals surface area contributed by atoms with Gasteiger partial charge in [0.15, 0.2) is 0 Å². The summed E-state index contributed by atoms with van der Waals surface area (Å²) < 4.78 is 0. The van der Waals surface area contributed by atoms with Gasteiger partial charge in [-0.25, -0.2) is 9.97 Å². The summed E-state index contributed by atoms with van der Waals surface area (Å²) >= 11 is 2.10. The van der Waals surface area contributed by atoms with Gasteiger partial charge in [-0.3, -0.25) is 4.90 Å². The lowest BCUT2D eigenvalue weighted by molar-refractivity contribution is 0.200. The summed E-state index contributed by atoms with van der Waals surface area (Å²) in [6.07, 6.45) is 4.06. The first-order chi connectivity index (χ1) is 9.36. The van der Waals surface area contributed by atoms with Crippen LogP contribution in [0.2, 0.25) is 0 Å².